The maximum Gasteiger partial charge on any atom is 0.0640 e. The van der Waals surface area contributed by atoms with Crippen LogP contribution in [-0.2, 0) is 12.8 Å². The first-order valence-corrected chi connectivity index (χ1v) is 10.1. The Labute approximate surface area is 164 Å². The molecule has 2 aromatic carbocycles. The third-order valence-corrected chi connectivity index (χ3v) is 5.70. The van der Waals surface area contributed by atoms with Gasteiger partial charge in [0.1, 0.15) is 0 Å². The summed E-state index contributed by atoms with van der Waals surface area (Å²) in [4.78, 5) is 2.49. The highest BCUT2D eigenvalue weighted by atomic mass is 15.2. The highest BCUT2D eigenvalue weighted by Gasteiger charge is 2.31. The highest BCUT2D eigenvalue weighted by Crippen LogP contribution is 2.41. The Balaban J connectivity index is 2.02. The standard InChI is InChI=1S/C24H31N3/c1-18-15-20(11-13-26-3)17-22(16-18)27(14-6-12-25)24-19(2)9-10-21-7-4-5-8-23(21)24/h4-5,7-8,15-17,19,24,26H,6,9-11,13-14H2,1-3H3. The van der Waals surface area contributed by atoms with Crippen molar-refractivity contribution in [2.75, 3.05) is 25.0 Å². The molecule has 1 N–H and O–H groups in total. The van der Waals surface area contributed by atoms with Gasteiger partial charge in [0, 0.05) is 12.2 Å². The molecule has 0 bridgehead atoms. The van der Waals surface area contributed by atoms with Crippen LogP contribution in [0.1, 0.15) is 48.1 Å². The summed E-state index contributed by atoms with van der Waals surface area (Å²) in [6, 6.07) is 18.4. The molecule has 2 aromatic rings. The van der Waals surface area contributed by atoms with Crippen LogP contribution >= 0.6 is 0 Å². The molecule has 0 fully saturated rings. The monoisotopic (exact) mass is 361 g/mol. The lowest BCUT2D eigenvalue weighted by Gasteiger charge is -2.41. The van der Waals surface area contributed by atoms with Crippen molar-refractivity contribution in [3.8, 4) is 6.07 Å². The van der Waals surface area contributed by atoms with E-state index in [9.17, 15) is 5.26 Å². The van der Waals surface area contributed by atoms with E-state index in [1.54, 1.807) is 0 Å². The van der Waals surface area contributed by atoms with Gasteiger partial charge in [0.2, 0.25) is 0 Å². The molecule has 0 spiro atoms. The summed E-state index contributed by atoms with van der Waals surface area (Å²) in [5.41, 5.74) is 6.80. The number of nitrogens with one attached hydrogen (secondary N) is 1. The molecular formula is C24H31N3. The lowest BCUT2D eigenvalue weighted by Crippen LogP contribution is -2.36. The molecule has 3 nitrogen and oxygen atoms in total. The van der Waals surface area contributed by atoms with Crippen molar-refractivity contribution in [1.82, 2.24) is 5.32 Å². The van der Waals surface area contributed by atoms with Crippen molar-refractivity contribution >= 4 is 5.69 Å². The second-order valence-corrected chi connectivity index (χ2v) is 7.79. The smallest absolute Gasteiger partial charge is 0.0640 e. The van der Waals surface area contributed by atoms with Crippen molar-refractivity contribution in [2.45, 2.75) is 45.6 Å². The zero-order valence-corrected chi connectivity index (χ0v) is 16.8. The van der Waals surface area contributed by atoms with Gasteiger partial charge in [-0.15, -0.1) is 0 Å². The van der Waals surface area contributed by atoms with E-state index in [1.165, 1.54) is 34.4 Å². The summed E-state index contributed by atoms with van der Waals surface area (Å²) in [5.74, 6) is 0.569. The van der Waals surface area contributed by atoms with Crippen LogP contribution in [0.3, 0.4) is 0 Å². The normalized spacial score (nSPS) is 18.6. The van der Waals surface area contributed by atoms with E-state index in [0.29, 0.717) is 18.4 Å². The maximum atomic E-state index is 9.26. The van der Waals surface area contributed by atoms with E-state index in [-0.39, 0.29) is 0 Å². The molecule has 0 heterocycles. The number of hydrogen-bond acceptors (Lipinski definition) is 3. The Kier molecular flexibility index (Phi) is 6.53. The molecule has 0 saturated heterocycles. The Morgan fingerprint density at radius 1 is 1.22 bits per heavy atom. The minimum absolute atomic E-state index is 0.335. The quantitative estimate of drug-likeness (QED) is 0.770. The van der Waals surface area contributed by atoms with Crippen LogP contribution < -0.4 is 10.2 Å². The van der Waals surface area contributed by atoms with Gasteiger partial charge in [-0.1, -0.05) is 37.3 Å². The first-order chi connectivity index (χ1) is 13.1. The fourth-order valence-electron chi connectivity index (χ4n) is 4.39. The number of rotatable bonds is 7. The topological polar surface area (TPSA) is 39.1 Å². The van der Waals surface area contributed by atoms with Crippen LogP contribution in [0, 0.1) is 24.2 Å². The number of nitriles is 1. The van der Waals surface area contributed by atoms with Gasteiger partial charge in [0.15, 0.2) is 0 Å². The van der Waals surface area contributed by atoms with Crippen LogP contribution in [0.4, 0.5) is 5.69 Å². The third-order valence-electron chi connectivity index (χ3n) is 5.70. The number of anilines is 1. The Bertz CT molecular complexity index is 806. The largest absolute Gasteiger partial charge is 0.363 e. The van der Waals surface area contributed by atoms with Crippen LogP contribution in [0.2, 0.25) is 0 Å². The predicted octanol–water partition coefficient (Wildman–Crippen LogP) is 4.80. The van der Waals surface area contributed by atoms with Crippen LogP contribution in [0.25, 0.3) is 0 Å². The number of likely N-dealkylation sites (N-methyl/N-ethyl adjacent to an activating group) is 1. The lowest BCUT2D eigenvalue weighted by atomic mass is 9.79. The average Bonchev–Trinajstić information content (AvgIpc) is 2.67. The number of nitrogens with zero attached hydrogens (tertiary/aromatic N) is 2. The zero-order chi connectivity index (χ0) is 19.2. The third kappa shape index (κ3) is 4.51. The van der Waals surface area contributed by atoms with Crippen molar-refractivity contribution in [3.63, 3.8) is 0 Å². The number of aryl methyl sites for hydroxylation is 2. The first kappa shape index (κ1) is 19.5. The molecule has 3 rings (SSSR count). The summed E-state index contributed by atoms with van der Waals surface area (Å²) in [5, 5.41) is 12.5. The molecule has 0 amide bonds. The van der Waals surface area contributed by atoms with E-state index < -0.39 is 0 Å². The van der Waals surface area contributed by atoms with E-state index in [4.69, 9.17) is 0 Å². The fraction of sp³-hybridized carbons (Fsp3) is 0.458. The number of fused-ring (bicyclic) bond motifs is 1. The zero-order valence-electron chi connectivity index (χ0n) is 16.8. The van der Waals surface area contributed by atoms with E-state index in [0.717, 1.165) is 25.9 Å². The second-order valence-electron chi connectivity index (χ2n) is 7.79. The van der Waals surface area contributed by atoms with E-state index >= 15 is 0 Å². The second kappa shape index (κ2) is 9.06. The molecule has 1 aliphatic rings. The van der Waals surface area contributed by atoms with Gasteiger partial charge < -0.3 is 10.2 Å². The Morgan fingerprint density at radius 3 is 2.81 bits per heavy atom. The maximum absolute atomic E-state index is 9.26. The number of benzene rings is 2. The molecule has 27 heavy (non-hydrogen) atoms. The summed E-state index contributed by atoms with van der Waals surface area (Å²) in [6.07, 6.45) is 3.92. The van der Waals surface area contributed by atoms with Crippen molar-refractivity contribution < 1.29 is 0 Å². The molecule has 0 aliphatic heterocycles. The van der Waals surface area contributed by atoms with Gasteiger partial charge in [-0.3, -0.25) is 0 Å². The fourth-order valence-corrected chi connectivity index (χ4v) is 4.39. The summed E-state index contributed by atoms with van der Waals surface area (Å²) in [7, 11) is 2.00. The molecule has 0 aromatic heterocycles. The van der Waals surface area contributed by atoms with Gasteiger partial charge in [0.25, 0.3) is 0 Å². The Morgan fingerprint density at radius 2 is 2.04 bits per heavy atom. The minimum Gasteiger partial charge on any atom is -0.363 e. The van der Waals surface area contributed by atoms with Crippen LogP contribution in [0.5, 0.6) is 0 Å². The minimum atomic E-state index is 0.335. The molecule has 3 heteroatoms. The molecule has 1 aliphatic carbocycles. The molecule has 2 atom stereocenters. The van der Waals surface area contributed by atoms with Gasteiger partial charge in [0.05, 0.1) is 18.5 Å². The van der Waals surface area contributed by atoms with Crippen molar-refractivity contribution in [2.24, 2.45) is 5.92 Å². The number of hydrogen-bond donors (Lipinski definition) is 1. The molecule has 2 unspecified atom stereocenters. The average molecular weight is 362 g/mol. The van der Waals surface area contributed by atoms with E-state index in [1.807, 2.05) is 7.05 Å². The van der Waals surface area contributed by atoms with Crippen LogP contribution in [0.15, 0.2) is 42.5 Å². The Hall–Kier alpha value is -2.31. The van der Waals surface area contributed by atoms with Crippen molar-refractivity contribution in [3.05, 3.63) is 64.7 Å². The first-order valence-electron chi connectivity index (χ1n) is 10.1. The summed E-state index contributed by atoms with van der Waals surface area (Å²) >= 11 is 0. The van der Waals surface area contributed by atoms with Gasteiger partial charge in [-0.2, -0.15) is 5.26 Å². The molecule has 0 radical (unpaired) electrons. The van der Waals surface area contributed by atoms with Crippen LogP contribution in [-0.4, -0.2) is 20.1 Å². The van der Waals surface area contributed by atoms with Gasteiger partial charge in [-0.25, -0.2) is 0 Å². The highest BCUT2D eigenvalue weighted by molar-refractivity contribution is 5.54. The summed E-state index contributed by atoms with van der Waals surface area (Å²) < 4.78 is 0. The summed E-state index contributed by atoms with van der Waals surface area (Å²) in [6.45, 7) is 6.28. The van der Waals surface area contributed by atoms with Gasteiger partial charge >= 0.3 is 0 Å². The predicted molar refractivity (Wildman–Crippen MR) is 113 cm³/mol. The molecular weight excluding hydrogens is 330 g/mol. The van der Waals surface area contributed by atoms with E-state index in [2.05, 4.69) is 72.6 Å². The lowest BCUT2D eigenvalue weighted by molar-refractivity contribution is 0.387. The molecule has 142 valence electrons. The van der Waals surface area contributed by atoms with Crippen molar-refractivity contribution in [1.29, 1.82) is 5.26 Å². The van der Waals surface area contributed by atoms with Gasteiger partial charge in [-0.05, 0) is 80.1 Å². The SMILES string of the molecule is CNCCc1cc(C)cc(N(CCC#N)C2c3ccccc3CCC2C)c1. The molecule has 0 saturated carbocycles.